The number of aromatic nitrogens is 1. The Labute approximate surface area is 194 Å². The van der Waals surface area contributed by atoms with Gasteiger partial charge in [0.15, 0.2) is 0 Å². The molecule has 3 aromatic rings. The van der Waals surface area contributed by atoms with E-state index in [1.165, 1.54) is 16.1 Å². The first kappa shape index (κ1) is 24.0. The molecule has 0 saturated heterocycles. The van der Waals surface area contributed by atoms with Gasteiger partial charge in [-0.05, 0) is 31.2 Å². The number of nitrogens with zero attached hydrogens (tertiary/aromatic N) is 2. The summed E-state index contributed by atoms with van der Waals surface area (Å²) in [7, 11) is -3.72. The average molecular weight is 469 g/mol. The van der Waals surface area contributed by atoms with E-state index in [9.17, 15) is 13.2 Å². The van der Waals surface area contributed by atoms with Crippen LogP contribution in [0.25, 0.3) is 10.9 Å². The van der Waals surface area contributed by atoms with Crippen LogP contribution in [-0.2, 0) is 10.0 Å². The summed E-state index contributed by atoms with van der Waals surface area (Å²) in [6.45, 7) is 9.77. The van der Waals surface area contributed by atoms with Crippen LogP contribution in [0.2, 0.25) is 0 Å². The van der Waals surface area contributed by atoms with Gasteiger partial charge in [-0.25, -0.2) is 8.42 Å². The quantitative estimate of drug-likeness (QED) is 0.366. The Morgan fingerprint density at radius 3 is 2.50 bits per heavy atom. The summed E-state index contributed by atoms with van der Waals surface area (Å²) in [6.07, 6.45) is 5.31. The maximum absolute atomic E-state index is 13.3. The van der Waals surface area contributed by atoms with E-state index in [-0.39, 0.29) is 35.6 Å². The van der Waals surface area contributed by atoms with Gasteiger partial charge < -0.3 is 0 Å². The zero-order valence-electron chi connectivity index (χ0n) is 18.2. The smallest absolute Gasteiger partial charge is 0.243 e. The first-order valence-electron chi connectivity index (χ1n) is 10.4. The third-order valence-electron chi connectivity index (χ3n) is 5.12. The van der Waals surface area contributed by atoms with E-state index < -0.39 is 10.0 Å². The zero-order valence-corrected chi connectivity index (χ0v) is 19.8. The molecule has 1 aromatic heterocycles. The minimum Gasteiger partial charge on any atom is -0.287 e. The number of carbonyl (C=O) groups is 1. The molecule has 0 fully saturated rings. The molecule has 0 saturated carbocycles. The van der Waals surface area contributed by atoms with Crippen LogP contribution in [0, 0.1) is 6.92 Å². The number of thioether (sulfide) groups is 1. The summed E-state index contributed by atoms with van der Waals surface area (Å²) >= 11 is 1.53. The topological polar surface area (TPSA) is 59.4 Å². The van der Waals surface area contributed by atoms with Crippen LogP contribution in [-0.4, -0.2) is 47.3 Å². The van der Waals surface area contributed by atoms with E-state index in [1.54, 1.807) is 47.2 Å². The molecule has 1 unspecified atom stereocenters. The van der Waals surface area contributed by atoms with Crippen LogP contribution in [0.1, 0.15) is 16.8 Å². The monoisotopic (exact) mass is 468 g/mol. The van der Waals surface area contributed by atoms with E-state index in [2.05, 4.69) is 13.2 Å². The number of fused-ring (bicyclic) bond motifs is 1. The largest absolute Gasteiger partial charge is 0.287 e. The number of sulfonamides is 1. The number of carbonyl (C=O) groups excluding carboxylic acids is 1. The molecule has 0 aliphatic rings. The molecule has 1 heterocycles. The van der Waals surface area contributed by atoms with Crippen molar-refractivity contribution in [3.05, 3.63) is 91.7 Å². The van der Waals surface area contributed by atoms with Crippen molar-refractivity contribution in [3.8, 4) is 0 Å². The highest BCUT2D eigenvalue weighted by atomic mass is 32.2. The molecule has 0 aliphatic heterocycles. The normalized spacial score (nSPS) is 12.7. The second-order valence-corrected chi connectivity index (χ2v) is 10.8. The maximum atomic E-state index is 13.3. The lowest BCUT2D eigenvalue weighted by atomic mass is 10.2. The van der Waals surface area contributed by atoms with Crippen molar-refractivity contribution < 1.29 is 13.2 Å². The van der Waals surface area contributed by atoms with Gasteiger partial charge in [0.1, 0.15) is 0 Å². The Hall–Kier alpha value is -2.61. The van der Waals surface area contributed by atoms with Crippen LogP contribution in [0.5, 0.6) is 0 Å². The van der Waals surface area contributed by atoms with E-state index in [4.69, 9.17) is 0 Å². The van der Waals surface area contributed by atoms with Crippen LogP contribution in [0.4, 0.5) is 0 Å². The van der Waals surface area contributed by atoms with E-state index >= 15 is 0 Å². The predicted molar refractivity (Wildman–Crippen MR) is 134 cm³/mol. The Morgan fingerprint density at radius 1 is 1.09 bits per heavy atom. The molecule has 7 heteroatoms. The Kier molecular flexibility index (Phi) is 8.12. The van der Waals surface area contributed by atoms with Crippen molar-refractivity contribution in [2.24, 2.45) is 0 Å². The molecule has 2 aromatic carbocycles. The van der Waals surface area contributed by atoms with Gasteiger partial charge in [0.05, 0.1) is 10.4 Å². The van der Waals surface area contributed by atoms with Crippen molar-refractivity contribution in [2.45, 2.75) is 23.5 Å². The third kappa shape index (κ3) is 5.59. The lowest BCUT2D eigenvalue weighted by molar-refractivity contribution is 0.0905. The number of para-hydroxylation sites is 1. The molecule has 3 rings (SSSR count). The van der Waals surface area contributed by atoms with Gasteiger partial charge in [-0.3, -0.25) is 9.36 Å². The van der Waals surface area contributed by atoms with Crippen LogP contribution >= 0.6 is 11.8 Å². The molecule has 0 amide bonds. The van der Waals surface area contributed by atoms with E-state index in [0.29, 0.717) is 5.75 Å². The van der Waals surface area contributed by atoms with Gasteiger partial charge in [-0.15, -0.1) is 13.2 Å². The van der Waals surface area contributed by atoms with Crippen molar-refractivity contribution in [3.63, 3.8) is 0 Å². The lowest BCUT2D eigenvalue weighted by Crippen LogP contribution is -2.38. The van der Waals surface area contributed by atoms with Crippen molar-refractivity contribution in [1.82, 2.24) is 8.87 Å². The van der Waals surface area contributed by atoms with Crippen molar-refractivity contribution in [1.29, 1.82) is 0 Å². The number of rotatable bonds is 11. The van der Waals surface area contributed by atoms with E-state index in [0.717, 1.165) is 16.5 Å². The van der Waals surface area contributed by atoms with Gasteiger partial charge in [0, 0.05) is 42.1 Å². The number of hydrogen-bond donors (Lipinski definition) is 0. The standard InChI is InChI=1S/C25H28N2O3S2/c1-4-15-26(32(29,30)23-12-10-20(3)11-13-23)19-22(31-17-5-2)18-25(28)27-16-14-21-8-6-7-9-24(21)27/h4-14,16,22H,1-2,15,17-19H2,3H3. The summed E-state index contributed by atoms with van der Waals surface area (Å²) in [5.41, 5.74) is 1.84. The SMILES string of the molecule is C=CCSC(CC(=O)n1ccc2ccccc21)CN(CC=C)S(=O)(=O)c1ccc(C)cc1. The van der Waals surface area contributed by atoms with Crippen molar-refractivity contribution in [2.75, 3.05) is 18.8 Å². The molecule has 0 radical (unpaired) electrons. The first-order chi connectivity index (χ1) is 15.4. The molecule has 168 valence electrons. The fourth-order valence-corrected chi connectivity index (χ4v) is 5.98. The first-order valence-corrected chi connectivity index (χ1v) is 12.8. The van der Waals surface area contributed by atoms with Gasteiger partial charge in [0.2, 0.25) is 15.9 Å². The average Bonchev–Trinajstić information content (AvgIpc) is 3.21. The summed E-state index contributed by atoms with van der Waals surface area (Å²) in [6, 6.07) is 16.4. The molecule has 0 bridgehead atoms. The molecule has 1 atom stereocenters. The predicted octanol–water partition coefficient (Wildman–Crippen LogP) is 5.14. The van der Waals surface area contributed by atoms with Crippen LogP contribution in [0.15, 0.2) is 91.0 Å². The number of benzene rings is 2. The highest BCUT2D eigenvalue weighted by Crippen LogP contribution is 2.24. The molecular weight excluding hydrogens is 440 g/mol. The van der Waals surface area contributed by atoms with Gasteiger partial charge in [-0.2, -0.15) is 16.1 Å². The number of aryl methyl sites for hydroxylation is 1. The summed E-state index contributed by atoms with van der Waals surface area (Å²) in [5.74, 6) is 0.552. The van der Waals surface area contributed by atoms with Gasteiger partial charge >= 0.3 is 0 Å². The Balaban J connectivity index is 1.84. The zero-order chi connectivity index (χ0) is 23.1. The minimum absolute atomic E-state index is 0.0703. The van der Waals surface area contributed by atoms with Crippen LogP contribution in [0.3, 0.4) is 0 Å². The maximum Gasteiger partial charge on any atom is 0.243 e. The summed E-state index contributed by atoms with van der Waals surface area (Å²) in [5, 5.41) is 0.758. The Morgan fingerprint density at radius 2 is 1.81 bits per heavy atom. The molecule has 0 spiro atoms. The molecular formula is C25H28N2O3S2. The fraction of sp³-hybridized carbons (Fsp3) is 0.240. The summed E-state index contributed by atoms with van der Waals surface area (Å²) < 4.78 is 29.6. The molecule has 32 heavy (non-hydrogen) atoms. The third-order valence-corrected chi connectivity index (χ3v) is 8.18. The van der Waals surface area contributed by atoms with Gasteiger partial charge in [-0.1, -0.05) is 48.0 Å². The molecule has 5 nitrogen and oxygen atoms in total. The second kappa shape index (κ2) is 10.8. The fourth-order valence-electron chi connectivity index (χ4n) is 3.48. The van der Waals surface area contributed by atoms with Crippen LogP contribution < -0.4 is 0 Å². The van der Waals surface area contributed by atoms with Crippen molar-refractivity contribution >= 4 is 38.6 Å². The highest BCUT2D eigenvalue weighted by Gasteiger charge is 2.28. The molecule has 0 N–H and O–H groups in total. The Bertz CT molecular complexity index is 1200. The van der Waals surface area contributed by atoms with E-state index in [1.807, 2.05) is 37.3 Å². The lowest BCUT2D eigenvalue weighted by Gasteiger charge is -2.26. The summed E-state index contributed by atoms with van der Waals surface area (Å²) in [4.78, 5) is 13.4. The van der Waals surface area contributed by atoms with Gasteiger partial charge in [0.25, 0.3) is 0 Å². The minimum atomic E-state index is -3.72. The highest BCUT2D eigenvalue weighted by molar-refractivity contribution is 8.00. The number of hydrogen-bond acceptors (Lipinski definition) is 4. The molecule has 0 aliphatic carbocycles. The second-order valence-electron chi connectivity index (χ2n) is 7.51.